The van der Waals surface area contributed by atoms with Gasteiger partial charge in [0.1, 0.15) is 6.17 Å². The van der Waals surface area contributed by atoms with Crippen molar-refractivity contribution >= 4 is 0 Å². The van der Waals surface area contributed by atoms with Crippen LogP contribution in [0.3, 0.4) is 0 Å². The summed E-state index contributed by atoms with van der Waals surface area (Å²) < 4.78 is 13.3. The van der Waals surface area contributed by atoms with E-state index in [2.05, 4.69) is 30.9 Å². The van der Waals surface area contributed by atoms with Crippen LogP contribution >= 0.6 is 0 Å². The zero-order valence-corrected chi connectivity index (χ0v) is 8.46. The summed E-state index contributed by atoms with van der Waals surface area (Å²) in [6.07, 6.45) is 5.62. The lowest BCUT2D eigenvalue weighted by Gasteiger charge is -2.32. The number of nitrogens with zero attached hydrogens (tertiary/aromatic N) is 1. The van der Waals surface area contributed by atoms with Crippen LogP contribution in [0.5, 0.6) is 0 Å². The average Bonchev–Trinajstić information content (AvgIpc) is 2.40. The number of hydrogen-bond donors (Lipinski definition) is 0. The number of halogens is 1. The summed E-state index contributed by atoms with van der Waals surface area (Å²) in [7, 11) is 0. The van der Waals surface area contributed by atoms with Crippen molar-refractivity contribution in [2.75, 3.05) is 13.1 Å². The Kier molecular flexibility index (Phi) is 2.18. The van der Waals surface area contributed by atoms with Gasteiger partial charge in [0.2, 0.25) is 0 Å². The topological polar surface area (TPSA) is 3.24 Å². The number of fused-ring (bicyclic) bond motifs is 1. The predicted octanol–water partition coefficient (Wildman–Crippen LogP) is 2.38. The Morgan fingerprint density at radius 2 is 2.38 bits per heavy atom. The minimum absolute atomic E-state index is 0.0770. The van der Waals surface area contributed by atoms with Crippen molar-refractivity contribution in [3.8, 4) is 0 Å². The van der Waals surface area contributed by atoms with Crippen molar-refractivity contribution in [1.29, 1.82) is 0 Å². The monoisotopic (exact) mass is 183 g/mol. The Bertz CT molecular complexity index is 224. The van der Waals surface area contributed by atoms with E-state index < -0.39 is 6.17 Å². The minimum Gasteiger partial charge on any atom is -0.288 e. The highest BCUT2D eigenvalue weighted by molar-refractivity contribution is 5.19. The summed E-state index contributed by atoms with van der Waals surface area (Å²) in [6, 6.07) is 0. The van der Waals surface area contributed by atoms with Crippen LogP contribution in [0.1, 0.15) is 26.7 Å². The molecule has 0 aliphatic carbocycles. The summed E-state index contributed by atoms with van der Waals surface area (Å²) in [5.74, 6) is 0.649. The van der Waals surface area contributed by atoms with Crippen LogP contribution in [0, 0.1) is 5.92 Å². The Morgan fingerprint density at radius 1 is 1.62 bits per heavy atom. The Labute approximate surface area is 79.6 Å². The van der Waals surface area contributed by atoms with Gasteiger partial charge in [-0.2, -0.15) is 0 Å². The molecule has 1 nitrogen and oxygen atoms in total. The van der Waals surface area contributed by atoms with Gasteiger partial charge < -0.3 is 0 Å². The van der Waals surface area contributed by atoms with E-state index in [4.69, 9.17) is 0 Å². The molecule has 0 aromatic heterocycles. The summed E-state index contributed by atoms with van der Waals surface area (Å²) in [4.78, 5) is 2.29. The normalized spacial score (nSPS) is 38.9. The van der Waals surface area contributed by atoms with Gasteiger partial charge in [0.05, 0.1) is 0 Å². The minimum atomic E-state index is -0.608. The molecule has 0 aromatic rings. The molecule has 0 N–H and O–H groups in total. The van der Waals surface area contributed by atoms with Crippen molar-refractivity contribution in [3.05, 3.63) is 12.2 Å². The summed E-state index contributed by atoms with van der Waals surface area (Å²) in [6.45, 7) is 6.02. The van der Waals surface area contributed by atoms with Crippen LogP contribution in [0.2, 0.25) is 0 Å². The van der Waals surface area contributed by atoms with Gasteiger partial charge in [0.25, 0.3) is 0 Å². The highest BCUT2D eigenvalue weighted by atomic mass is 19.1. The molecule has 2 rings (SSSR count). The van der Waals surface area contributed by atoms with Crippen LogP contribution in [-0.2, 0) is 0 Å². The van der Waals surface area contributed by atoms with Crippen LogP contribution < -0.4 is 0 Å². The third-order valence-corrected chi connectivity index (χ3v) is 3.14. The molecule has 0 bridgehead atoms. The smallest absolute Gasteiger partial charge is 0.115 e. The first-order valence-electron chi connectivity index (χ1n) is 5.19. The largest absolute Gasteiger partial charge is 0.288 e. The van der Waals surface area contributed by atoms with Crippen LogP contribution in [0.15, 0.2) is 12.2 Å². The molecule has 2 atom stereocenters. The van der Waals surface area contributed by atoms with Crippen LogP contribution in [0.25, 0.3) is 0 Å². The SMILES string of the molecule is CC(C)C[C@@]12C=CCN1C[C@H](F)C2. The highest BCUT2D eigenvalue weighted by Gasteiger charge is 2.45. The molecule has 2 aliphatic heterocycles. The Hall–Kier alpha value is -0.370. The standard InChI is InChI=1S/C11H18FN/c1-9(2)6-11-4-3-5-13(11)8-10(12)7-11/h3-4,9-10H,5-8H2,1-2H3/t10-,11-/m1/s1. The molecule has 0 spiro atoms. The van der Waals surface area contributed by atoms with Crippen LogP contribution in [-0.4, -0.2) is 29.7 Å². The first kappa shape index (κ1) is 9.20. The first-order chi connectivity index (χ1) is 6.12. The summed E-state index contributed by atoms with van der Waals surface area (Å²) >= 11 is 0. The van der Waals surface area contributed by atoms with Crippen LogP contribution in [0.4, 0.5) is 4.39 Å². The van der Waals surface area contributed by atoms with Gasteiger partial charge in [0.15, 0.2) is 0 Å². The van der Waals surface area contributed by atoms with E-state index in [0.717, 1.165) is 13.0 Å². The van der Waals surface area contributed by atoms with Crippen molar-refractivity contribution in [3.63, 3.8) is 0 Å². The molecule has 74 valence electrons. The van der Waals surface area contributed by atoms with Crippen molar-refractivity contribution in [2.45, 2.75) is 38.4 Å². The molecular weight excluding hydrogens is 165 g/mol. The predicted molar refractivity (Wildman–Crippen MR) is 52.4 cm³/mol. The molecular formula is C11H18FN. The van der Waals surface area contributed by atoms with Gasteiger partial charge >= 0.3 is 0 Å². The van der Waals surface area contributed by atoms with Gasteiger partial charge in [0, 0.05) is 25.0 Å². The average molecular weight is 183 g/mol. The zero-order valence-electron chi connectivity index (χ0n) is 8.46. The fourth-order valence-corrected chi connectivity index (χ4v) is 2.81. The van der Waals surface area contributed by atoms with E-state index in [0.29, 0.717) is 18.9 Å². The van der Waals surface area contributed by atoms with E-state index in [1.54, 1.807) is 0 Å². The lowest BCUT2D eigenvalue weighted by atomic mass is 9.87. The fraction of sp³-hybridized carbons (Fsp3) is 0.818. The van der Waals surface area contributed by atoms with E-state index in [1.807, 2.05) is 0 Å². The van der Waals surface area contributed by atoms with E-state index >= 15 is 0 Å². The second kappa shape index (κ2) is 3.09. The Morgan fingerprint density at radius 3 is 3.08 bits per heavy atom. The molecule has 0 aromatic carbocycles. The Balaban J connectivity index is 2.13. The lowest BCUT2D eigenvalue weighted by molar-refractivity contribution is 0.192. The van der Waals surface area contributed by atoms with Gasteiger partial charge in [-0.1, -0.05) is 26.0 Å². The first-order valence-corrected chi connectivity index (χ1v) is 5.19. The summed E-state index contributed by atoms with van der Waals surface area (Å²) in [5, 5.41) is 0. The molecule has 0 saturated carbocycles. The molecule has 2 heterocycles. The van der Waals surface area contributed by atoms with Crippen molar-refractivity contribution < 1.29 is 4.39 Å². The van der Waals surface area contributed by atoms with Gasteiger partial charge in [-0.3, -0.25) is 4.90 Å². The molecule has 1 saturated heterocycles. The number of alkyl halides is 1. The molecule has 13 heavy (non-hydrogen) atoms. The molecule has 0 radical (unpaired) electrons. The second-order valence-corrected chi connectivity index (χ2v) is 4.81. The van der Waals surface area contributed by atoms with Gasteiger partial charge in [-0.05, 0) is 12.3 Å². The van der Waals surface area contributed by atoms with Gasteiger partial charge in [-0.15, -0.1) is 0 Å². The fourth-order valence-electron chi connectivity index (χ4n) is 2.81. The van der Waals surface area contributed by atoms with E-state index in [-0.39, 0.29) is 5.54 Å². The quantitative estimate of drug-likeness (QED) is 0.594. The third kappa shape index (κ3) is 1.52. The molecule has 2 heteroatoms. The highest BCUT2D eigenvalue weighted by Crippen LogP contribution is 2.40. The van der Waals surface area contributed by atoms with E-state index in [1.165, 1.54) is 0 Å². The molecule has 2 aliphatic rings. The van der Waals surface area contributed by atoms with Gasteiger partial charge in [-0.25, -0.2) is 4.39 Å². The summed E-state index contributed by atoms with van der Waals surface area (Å²) in [5.41, 5.74) is 0.0770. The molecule has 0 amide bonds. The maximum atomic E-state index is 13.3. The zero-order chi connectivity index (χ0) is 9.47. The maximum Gasteiger partial charge on any atom is 0.115 e. The maximum absolute atomic E-state index is 13.3. The van der Waals surface area contributed by atoms with E-state index in [9.17, 15) is 4.39 Å². The third-order valence-electron chi connectivity index (χ3n) is 3.14. The van der Waals surface area contributed by atoms with Crippen molar-refractivity contribution in [2.24, 2.45) is 5.92 Å². The second-order valence-electron chi connectivity index (χ2n) is 4.81. The molecule has 0 unspecified atom stereocenters. The number of rotatable bonds is 2. The van der Waals surface area contributed by atoms with Crippen molar-refractivity contribution in [1.82, 2.24) is 4.90 Å². The molecule has 1 fully saturated rings. The number of hydrogen-bond acceptors (Lipinski definition) is 1. The lowest BCUT2D eigenvalue weighted by Crippen LogP contribution is -2.39.